The summed E-state index contributed by atoms with van der Waals surface area (Å²) in [6, 6.07) is 45.0. The van der Waals surface area contributed by atoms with Crippen LogP contribution >= 0.6 is 11.8 Å². The molecule has 0 saturated carbocycles. The van der Waals surface area contributed by atoms with Crippen molar-refractivity contribution in [3.05, 3.63) is 151 Å². The Balaban J connectivity index is 1.17. The lowest BCUT2D eigenvalue weighted by Gasteiger charge is -2.18. The van der Waals surface area contributed by atoms with Crippen molar-refractivity contribution in [2.75, 3.05) is 10.6 Å². The fourth-order valence-electron chi connectivity index (χ4n) is 4.66. The quantitative estimate of drug-likeness (QED) is 0.200. The first-order valence-electron chi connectivity index (χ1n) is 13.0. The molecule has 4 nitrogen and oxygen atoms in total. The molecule has 0 bridgehead atoms. The minimum absolute atomic E-state index is 0.0971. The van der Waals surface area contributed by atoms with E-state index < -0.39 is 5.25 Å². The van der Waals surface area contributed by atoms with Crippen LogP contribution in [0.4, 0.5) is 11.4 Å². The van der Waals surface area contributed by atoms with Gasteiger partial charge in [-0.15, -0.1) is 11.8 Å². The summed E-state index contributed by atoms with van der Waals surface area (Å²) in [5, 5.41) is 9.95. The molecule has 2 amide bonds. The number of carbonyl (C=O) groups excluding carboxylic acids is 2. The molecule has 0 aliphatic heterocycles. The van der Waals surface area contributed by atoms with Crippen LogP contribution in [0.25, 0.3) is 21.5 Å². The Morgan fingerprint density at radius 2 is 1.10 bits per heavy atom. The molecule has 0 heterocycles. The van der Waals surface area contributed by atoms with Crippen molar-refractivity contribution in [1.82, 2.24) is 0 Å². The molecular formula is C35H26N2O2S. The molecule has 1 atom stereocenters. The number of anilines is 2. The van der Waals surface area contributed by atoms with Gasteiger partial charge in [0.2, 0.25) is 5.91 Å². The fourth-order valence-corrected chi connectivity index (χ4v) is 5.69. The second-order valence-electron chi connectivity index (χ2n) is 9.50. The monoisotopic (exact) mass is 538 g/mol. The van der Waals surface area contributed by atoms with E-state index in [0.717, 1.165) is 37.7 Å². The number of hydrogen-bond acceptors (Lipinski definition) is 3. The van der Waals surface area contributed by atoms with Crippen LogP contribution in [0.2, 0.25) is 0 Å². The van der Waals surface area contributed by atoms with Crippen LogP contribution in [-0.2, 0) is 4.79 Å². The number of rotatable bonds is 7. The Bertz CT molecular complexity index is 1820. The summed E-state index contributed by atoms with van der Waals surface area (Å²) in [6.45, 7) is 0. The number of fused-ring (bicyclic) bond motifs is 2. The summed E-state index contributed by atoms with van der Waals surface area (Å²) in [6.07, 6.45) is 0. The molecule has 0 fully saturated rings. The highest BCUT2D eigenvalue weighted by atomic mass is 32.2. The normalized spacial score (nSPS) is 11.7. The van der Waals surface area contributed by atoms with E-state index >= 15 is 0 Å². The van der Waals surface area contributed by atoms with Crippen molar-refractivity contribution in [2.24, 2.45) is 0 Å². The third kappa shape index (κ3) is 5.75. The van der Waals surface area contributed by atoms with Crippen molar-refractivity contribution in [1.29, 1.82) is 0 Å². The van der Waals surface area contributed by atoms with E-state index in [1.54, 1.807) is 0 Å². The summed E-state index contributed by atoms with van der Waals surface area (Å²) in [5.74, 6) is -0.261. The molecule has 6 rings (SSSR count). The maximum absolute atomic E-state index is 13.5. The van der Waals surface area contributed by atoms with Gasteiger partial charge < -0.3 is 10.6 Å². The number of nitrogens with one attached hydrogen (secondary N) is 2. The van der Waals surface area contributed by atoms with Gasteiger partial charge in [0, 0.05) is 21.8 Å². The zero-order valence-electron chi connectivity index (χ0n) is 21.6. The van der Waals surface area contributed by atoms with Crippen molar-refractivity contribution >= 4 is 56.5 Å². The third-order valence-electron chi connectivity index (χ3n) is 6.74. The Labute approximate surface area is 237 Å². The molecule has 0 spiro atoms. The van der Waals surface area contributed by atoms with E-state index in [2.05, 4.69) is 16.7 Å². The average Bonchev–Trinajstić information content (AvgIpc) is 3.00. The molecule has 194 valence electrons. The lowest BCUT2D eigenvalue weighted by atomic mass is 10.1. The highest BCUT2D eigenvalue weighted by Gasteiger charge is 2.22. The summed E-state index contributed by atoms with van der Waals surface area (Å²) in [5.41, 5.74) is 2.97. The summed E-state index contributed by atoms with van der Waals surface area (Å²) >= 11 is 1.47. The second kappa shape index (κ2) is 11.5. The first-order chi connectivity index (χ1) is 19.6. The largest absolute Gasteiger partial charge is 0.325 e. The lowest BCUT2D eigenvalue weighted by Crippen LogP contribution is -2.19. The van der Waals surface area contributed by atoms with Gasteiger partial charge >= 0.3 is 0 Å². The number of thioether (sulfide) groups is 1. The molecular weight excluding hydrogens is 512 g/mol. The van der Waals surface area contributed by atoms with Gasteiger partial charge in [-0.1, -0.05) is 91.0 Å². The number of amides is 2. The molecule has 40 heavy (non-hydrogen) atoms. The number of benzene rings is 6. The summed E-state index contributed by atoms with van der Waals surface area (Å²) < 4.78 is 0. The van der Waals surface area contributed by atoms with Gasteiger partial charge in [0.05, 0.1) is 0 Å². The molecule has 0 aromatic heterocycles. The summed E-state index contributed by atoms with van der Waals surface area (Å²) in [4.78, 5) is 27.3. The SMILES string of the molecule is O=C(Nc1ccc(SC(C(=O)Nc2ccc3ccccc3c2)c2ccccc2)cc1)c1ccc2ccccc2c1. The van der Waals surface area contributed by atoms with E-state index in [4.69, 9.17) is 0 Å². The van der Waals surface area contributed by atoms with Gasteiger partial charge in [0.25, 0.3) is 5.91 Å². The van der Waals surface area contributed by atoms with Gasteiger partial charge in [-0.3, -0.25) is 9.59 Å². The minimum atomic E-state index is -0.453. The van der Waals surface area contributed by atoms with Gasteiger partial charge in [0.1, 0.15) is 5.25 Å². The van der Waals surface area contributed by atoms with E-state index in [9.17, 15) is 9.59 Å². The molecule has 0 saturated heterocycles. The van der Waals surface area contributed by atoms with E-state index in [-0.39, 0.29) is 11.8 Å². The molecule has 6 aromatic rings. The van der Waals surface area contributed by atoms with Crippen LogP contribution < -0.4 is 10.6 Å². The predicted octanol–water partition coefficient (Wildman–Crippen LogP) is 8.72. The zero-order chi connectivity index (χ0) is 27.3. The van der Waals surface area contributed by atoms with E-state index in [1.165, 1.54) is 11.8 Å². The van der Waals surface area contributed by atoms with E-state index in [1.807, 2.05) is 133 Å². The predicted molar refractivity (Wildman–Crippen MR) is 166 cm³/mol. The highest BCUT2D eigenvalue weighted by molar-refractivity contribution is 8.00. The van der Waals surface area contributed by atoms with Gasteiger partial charge in [-0.2, -0.15) is 0 Å². The molecule has 6 aromatic carbocycles. The smallest absolute Gasteiger partial charge is 0.255 e. The lowest BCUT2D eigenvalue weighted by molar-refractivity contribution is -0.115. The number of carbonyl (C=O) groups is 2. The van der Waals surface area contributed by atoms with Crippen LogP contribution in [0.5, 0.6) is 0 Å². The van der Waals surface area contributed by atoms with Crippen LogP contribution in [0.3, 0.4) is 0 Å². The molecule has 0 aliphatic rings. The molecule has 2 N–H and O–H groups in total. The Morgan fingerprint density at radius 1 is 0.525 bits per heavy atom. The highest BCUT2D eigenvalue weighted by Crippen LogP contribution is 2.37. The Kier molecular flexibility index (Phi) is 7.29. The maximum Gasteiger partial charge on any atom is 0.255 e. The van der Waals surface area contributed by atoms with Crippen LogP contribution in [0.1, 0.15) is 21.2 Å². The average molecular weight is 539 g/mol. The van der Waals surface area contributed by atoms with Gasteiger partial charge in [0.15, 0.2) is 0 Å². The van der Waals surface area contributed by atoms with Crippen molar-refractivity contribution in [2.45, 2.75) is 10.1 Å². The molecule has 0 radical (unpaired) electrons. The topological polar surface area (TPSA) is 58.2 Å². The first kappa shape index (κ1) is 25.4. The first-order valence-corrected chi connectivity index (χ1v) is 13.9. The van der Waals surface area contributed by atoms with Crippen molar-refractivity contribution in [3.63, 3.8) is 0 Å². The zero-order valence-corrected chi connectivity index (χ0v) is 22.4. The van der Waals surface area contributed by atoms with Gasteiger partial charge in [-0.25, -0.2) is 0 Å². The van der Waals surface area contributed by atoms with Crippen LogP contribution in [-0.4, -0.2) is 11.8 Å². The molecule has 1 unspecified atom stereocenters. The minimum Gasteiger partial charge on any atom is -0.325 e. The van der Waals surface area contributed by atoms with Crippen molar-refractivity contribution < 1.29 is 9.59 Å². The van der Waals surface area contributed by atoms with Crippen LogP contribution in [0, 0.1) is 0 Å². The third-order valence-corrected chi connectivity index (χ3v) is 8.00. The maximum atomic E-state index is 13.5. The standard InChI is InChI=1S/C35H26N2O2S/c38-34(29-15-14-24-8-4-6-12-27(24)22-29)36-30-18-20-32(21-19-30)40-33(26-10-2-1-3-11-26)35(39)37-31-17-16-25-9-5-7-13-28(25)23-31/h1-23,33H,(H,36,38)(H,37,39). The van der Waals surface area contributed by atoms with Gasteiger partial charge in [-0.05, 0) is 75.6 Å². The van der Waals surface area contributed by atoms with Crippen LogP contribution in [0.15, 0.2) is 144 Å². The fraction of sp³-hybridized carbons (Fsp3) is 0.0286. The molecule has 0 aliphatic carbocycles. The second-order valence-corrected chi connectivity index (χ2v) is 10.7. The summed E-state index contributed by atoms with van der Waals surface area (Å²) in [7, 11) is 0. The number of hydrogen-bond donors (Lipinski definition) is 2. The molecule has 5 heteroatoms. The van der Waals surface area contributed by atoms with Crippen molar-refractivity contribution in [3.8, 4) is 0 Å². The Hall–Kier alpha value is -4.87. The van der Waals surface area contributed by atoms with E-state index in [0.29, 0.717) is 11.3 Å². The Morgan fingerprint density at radius 3 is 1.80 bits per heavy atom.